The maximum absolute atomic E-state index is 12.3. The number of imide groups is 2. The van der Waals surface area contributed by atoms with Gasteiger partial charge in [0.25, 0.3) is 23.6 Å². The second kappa shape index (κ2) is 29.2. The van der Waals surface area contributed by atoms with Gasteiger partial charge in [0.15, 0.2) is 0 Å². The fourth-order valence-electron chi connectivity index (χ4n) is 4.71. The van der Waals surface area contributed by atoms with Crippen LogP contribution in [0.2, 0.25) is 0 Å². The molecule has 53 heavy (non-hydrogen) atoms. The van der Waals surface area contributed by atoms with Crippen molar-refractivity contribution < 1.29 is 71.3 Å². The lowest BCUT2D eigenvalue weighted by atomic mass is 10.1. The van der Waals surface area contributed by atoms with Crippen LogP contribution in [0.4, 0.5) is 0 Å². The third kappa shape index (κ3) is 19.1. The second-order valence-corrected chi connectivity index (χ2v) is 11.2. The molecule has 2 heterocycles. The van der Waals surface area contributed by atoms with Crippen LogP contribution in [0.5, 0.6) is 0 Å². The van der Waals surface area contributed by atoms with Gasteiger partial charge in [-0.1, -0.05) is 12.1 Å². The molecule has 1 aromatic carbocycles. The maximum Gasteiger partial charge on any atom is 0.261 e. The van der Waals surface area contributed by atoms with Gasteiger partial charge in [0, 0.05) is 12.2 Å². The number of carbonyl (C=O) groups excluding carboxylic acids is 4. The normalized spacial score (nSPS) is 14.0. The van der Waals surface area contributed by atoms with E-state index in [9.17, 15) is 19.2 Å². The van der Waals surface area contributed by atoms with Crippen LogP contribution >= 0.6 is 0 Å². The van der Waals surface area contributed by atoms with Crippen molar-refractivity contribution in [1.29, 1.82) is 0 Å². The van der Waals surface area contributed by atoms with Crippen LogP contribution in [0, 0.1) is 0 Å². The van der Waals surface area contributed by atoms with E-state index in [4.69, 9.17) is 52.1 Å². The lowest BCUT2D eigenvalue weighted by Gasteiger charge is -2.13. The summed E-state index contributed by atoms with van der Waals surface area (Å²) in [5.41, 5.74) is 0.872. The first-order valence-corrected chi connectivity index (χ1v) is 17.9. The molecule has 0 bridgehead atoms. The Morgan fingerprint density at radius 1 is 0.321 bits per heavy atom. The highest BCUT2D eigenvalue weighted by atomic mass is 16.6. The molecule has 17 heteroatoms. The average Bonchev–Trinajstić information content (AvgIpc) is 3.62. The highest BCUT2D eigenvalue weighted by molar-refractivity contribution is 6.21. The molecule has 298 valence electrons. The zero-order chi connectivity index (χ0) is 37.6. The Hall–Kier alpha value is -3.20. The molecule has 0 aliphatic carbocycles. The van der Waals surface area contributed by atoms with Crippen LogP contribution < -0.4 is 0 Å². The molecule has 4 amide bonds. The molecule has 0 saturated heterocycles. The average molecular weight is 755 g/mol. The second-order valence-electron chi connectivity index (χ2n) is 11.2. The number of rotatable bonds is 36. The minimum Gasteiger partial charge on any atom is -0.377 e. The summed E-state index contributed by atoms with van der Waals surface area (Å²) in [5.74, 6) is -1.19. The number of amides is 4. The molecule has 0 radical (unpaired) electrons. The van der Waals surface area contributed by atoms with Gasteiger partial charge in [-0.15, -0.1) is 0 Å². The number of hydrogen-bond donors (Lipinski definition) is 0. The Kier molecular flexibility index (Phi) is 24.3. The number of benzene rings is 1. The molecule has 0 fully saturated rings. The highest BCUT2D eigenvalue weighted by Crippen LogP contribution is 2.21. The van der Waals surface area contributed by atoms with Gasteiger partial charge < -0.3 is 52.1 Å². The largest absolute Gasteiger partial charge is 0.377 e. The number of nitrogens with zero attached hydrogens (tertiary/aromatic N) is 2. The predicted octanol–water partition coefficient (Wildman–Crippen LogP) is 0.390. The first kappa shape index (κ1) is 44.2. The van der Waals surface area contributed by atoms with Gasteiger partial charge in [-0.2, -0.15) is 0 Å². The molecule has 17 nitrogen and oxygen atoms in total. The highest BCUT2D eigenvalue weighted by Gasteiger charge is 2.34. The summed E-state index contributed by atoms with van der Waals surface area (Å²) in [6.07, 6.45) is 2.50. The van der Waals surface area contributed by atoms with Crippen LogP contribution in [0.15, 0.2) is 36.4 Å². The first-order valence-electron chi connectivity index (χ1n) is 17.9. The van der Waals surface area contributed by atoms with E-state index in [0.717, 1.165) is 4.90 Å². The molecule has 0 unspecified atom stereocenters. The van der Waals surface area contributed by atoms with Gasteiger partial charge in [0.05, 0.1) is 170 Å². The van der Waals surface area contributed by atoms with E-state index in [1.165, 1.54) is 17.1 Å². The zero-order valence-corrected chi connectivity index (χ0v) is 30.5. The molecular formula is C36H54N2O15. The molecular weight excluding hydrogens is 700 g/mol. The van der Waals surface area contributed by atoms with Gasteiger partial charge in [-0.25, -0.2) is 0 Å². The van der Waals surface area contributed by atoms with Gasteiger partial charge in [0.2, 0.25) is 0 Å². The van der Waals surface area contributed by atoms with Gasteiger partial charge in [-0.3, -0.25) is 29.0 Å². The van der Waals surface area contributed by atoms with Crippen molar-refractivity contribution >= 4 is 23.6 Å². The smallest absolute Gasteiger partial charge is 0.261 e. The Bertz CT molecular complexity index is 1160. The number of hydrogen-bond acceptors (Lipinski definition) is 15. The number of carbonyl (C=O) groups is 4. The van der Waals surface area contributed by atoms with Gasteiger partial charge in [-0.05, 0) is 12.1 Å². The third-order valence-corrected chi connectivity index (χ3v) is 7.42. The molecule has 2 aliphatic heterocycles. The first-order chi connectivity index (χ1) is 26.1. The third-order valence-electron chi connectivity index (χ3n) is 7.42. The summed E-state index contributed by atoms with van der Waals surface area (Å²) in [5, 5.41) is 0. The molecule has 2 aliphatic rings. The predicted molar refractivity (Wildman–Crippen MR) is 187 cm³/mol. The Labute approximate surface area is 310 Å². The number of ether oxygens (including phenoxy) is 11. The van der Waals surface area contributed by atoms with Crippen LogP contribution in [0.25, 0.3) is 0 Å². The van der Waals surface area contributed by atoms with Crippen molar-refractivity contribution in [2.45, 2.75) is 0 Å². The molecule has 0 spiro atoms. The quantitative estimate of drug-likeness (QED) is 0.0679. The van der Waals surface area contributed by atoms with Gasteiger partial charge >= 0.3 is 0 Å². The SMILES string of the molecule is O=C1C=CC(=O)N1CCOCCOCCOCCOCCOCCOCCOCCOCCOCCOCCOCCN1C(=O)c2ccccc2C1=O. The van der Waals surface area contributed by atoms with Crippen LogP contribution in [-0.2, 0) is 61.7 Å². The fraction of sp³-hybridized carbons (Fsp3) is 0.667. The molecule has 0 aromatic heterocycles. The lowest BCUT2D eigenvalue weighted by molar-refractivity contribution is -0.137. The van der Waals surface area contributed by atoms with Crippen molar-refractivity contribution in [2.75, 3.05) is 158 Å². The van der Waals surface area contributed by atoms with Crippen molar-refractivity contribution in [2.24, 2.45) is 0 Å². The van der Waals surface area contributed by atoms with Crippen molar-refractivity contribution in [3.8, 4) is 0 Å². The summed E-state index contributed by atoms with van der Waals surface area (Å²) >= 11 is 0. The molecule has 0 N–H and O–H groups in total. The van der Waals surface area contributed by atoms with E-state index in [2.05, 4.69) is 0 Å². The molecule has 0 saturated carbocycles. The molecule has 0 atom stereocenters. The number of fused-ring (bicyclic) bond motifs is 1. The van der Waals surface area contributed by atoms with Crippen LogP contribution in [0.1, 0.15) is 20.7 Å². The molecule has 1 aromatic rings. The summed E-state index contributed by atoms with van der Waals surface area (Å²) in [7, 11) is 0. The van der Waals surface area contributed by atoms with Crippen LogP contribution in [-0.4, -0.2) is 192 Å². The van der Waals surface area contributed by atoms with Crippen molar-refractivity contribution in [1.82, 2.24) is 9.80 Å². The van der Waals surface area contributed by atoms with Crippen molar-refractivity contribution in [3.63, 3.8) is 0 Å². The summed E-state index contributed by atoms with van der Waals surface area (Å²) in [6, 6.07) is 6.80. The Morgan fingerprint density at radius 2 is 0.547 bits per heavy atom. The van der Waals surface area contributed by atoms with Crippen LogP contribution in [0.3, 0.4) is 0 Å². The summed E-state index contributed by atoms with van der Waals surface area (Å²) < 4.78 is 60.0. The topological polar surface area (TPSA) is 176 Å². The van der Waals surface area contributed by atoms with E-state index in [0.29, 0.717) is 143 Å². The Morgan fingerprint density at radius 3 is 0.811 bits per heavy atom. The van der Waals surface area contributed by atoms with E-state index in [-0.39, 0.29) is 49.9 Å². The lowest BCUT2D eigenvalue weighted by Crippen LogP contribution is -2.33. The summed E-state index contributed by atoms with van der Waals surface area (Å²) in [4.78, 5) is 49.8. The Balaban J connectivity index is 0.909. The minimum atomic E-state index is -0.313. The monoisotopic (exact) mass is 754 g/mol. The fourth-order valence-corrected chi connectivity index (χ4v) is 4.71. The van der Waals surface area contributed by atoms with E-state index in [1.807, 2.05) is 0 Å². The van der Waals surface area contributed by atoms with E-state index < -0.39 is 0 Å². The minimum absolute atomic E-state index is 0.207. The van der Waals surface area contributed by atoms with Gasteiger partial charge in [0.1, 0.15) is 0 Å². The van der Waals surface area contributed by atoms with E-state index >= 15 is 0 Å². The van der Waals surface area contributed by atoms with E-state index in [1.54, 1.807) is 24.3 Å². The maximum atomic E-state index is 12.3. The standard InChI is InChI=1S/C36H54N2O15/c39-33-5-6-34(40)37(33)7-9-43-11-13-45-15-17-47-19-21-49-23-25-51-27-29-53-30-28-52-26-24-50-22-20-48-18-16-46-14-12-44-10-8-38-35(41)31-3-1-2-4-32(31)36(38)42/h1-6H,7-30H2. The molecule has 3 rings (SSSR count). The van der Waals surface area contributed by atoms with Crippen molar-refractivity contribution in [3.05, 3.63) is 47.5 Å². The summed E-state index contributed by atoms with van der Waals surface area (Å²) in [6.45, 7) is 9.76. The zero-order valence-electron chi connectivity index (χ0n) is 30.5.